The highest BCUT2D eigenvalue weighted by atomic mass is 32.1. The molecule has 1 fully saturated rings. The van der Waals surface area contributed by atoms with Gasteiger partial charge in [0.25, 0.3) is 0 Å². The maximum atomic E-state index is 9.46. The van der Waals surface area contributed by atoms with Crippen LogP contribution in [0.5, 0.6) is 5.75 Å². The Morgan fingerprint density at radius 2 is 2.00 bits per heavy atom. The summed E-state index contributed by atoms with van der Waals surface area (Å²) >= 11 is 1.82. The fourth-order valence-electron chi connectivity index (χ4n) is 3.45. The van der Waals surface area contributed by atoms with Crippen LogP contribution >= 0.6 is 11.3 Å². The molecular formula is C20H28N2O2S. The summed E-state index contributed by atoms with van der Waals surface area (Å²) in [5.74, 6) is 0.935. The average molecular weight is 361 g/mol. The van der Waals surface area contributed by atoms with Gasteiger partial charge in [0.2, 0.25) is 0 Å². The first-order chi connectivity index (χ1) is 12.3. The molecule has 1 N–H and O–H groups in total. The van der Waals surface area contributed by atoms with Gasteiger partial charge in [-0.1, -0.05) is 18.2 Å². The number of ether oxygens (including phenoxy) is 1. The maximum Gasteiger partial charge on any atom is 0.119 e. The van der Waals surface area contributed by atoms with E-state index in [-0.39, 0.29) is 6.61 Å². The molecule has 136 valence electrons. The number of aliphatic hydroxyl groups is 1. The quantitative estimate of drug-likeness (QED) is 0.784. The first-order valence-electron chi connectivity index (χ1n) is 9.10. The van der Waals surface area contributed by atoms with Gasteiger partial charge >= 0.3 is 0 Å². The van der Waals surface area contributed by atoms with Crippen molar-refractivity contribution in [2.24, 2.45) is 0 Å². The van der Waals surface area contributed by atoms with Crippen LogP contribution < -0.4 is 4.74 Å². The normalized spacial score (nSPS) is 19.2. The van der Waals surface area contributed by atoms with Crippen molar-refractivity contribution in [3.8, 4) is 5.75 Å². The Balaban J connectivity index is 1.57. The summed E-state index contributed by atoms with van der Waals surface area (Å²) < 4.78 is 5.52. The van der Waals surface area contributed by atoms with Crippen LogP contribution in [0.4, 0.5) is 0 Å². The smallest absolute Gasteiger partial charge is 0.119 e. The van der Waals surface area contributed by atoms with E-state index in [1.807, 2.05) is 18.3 Å². The molecule has 25 heavy (non-hydrogen) atoms. The van der Waals surface area contributed by atoms with Crippen LogP contribution in [0.15, 0.2) is 41.8 Å². The van der Waals surface area contributed by atoms with Crippen LogP contribution in [0.1, 0.15) is 23.8 Å². The molecule has 1 atom stereocenters. The highest BCUT2D eigenvalue weighted by Gasteiger charge is 2.26. The third-order valence-electron chi connectivity index (χ3n) is 4.73. The van der Waals surface area contributed by atoms with E-state index < -0.39 is 0 Å². The lowest BCUT2D eigenvalue weighted by Crippen LogP contribution is -2.52. The van der Waals surface area contributed by atoms with E-state index in [4.69, 9.17) is 4.74 Å². The molecule has 5 heteroatoms. The predicted octanol–water partition coefficient (Wildman–Crippen LogP) is 3.22. The van der Waals surface area contributed by atoms with Gasteiger partial charge in [-0.3, -0.25) is 9.80 Å². The Hall–Kier alpha value is -1.40. The van der Waals surface area contributed by atoms with Crippen LogP contribution in [-0.4, -0.2) is 53.8 Å². The monoisotopic (exact) mass is 360 g/mol. The van der Waals surface area contributed by atoms with Crippen LogP contribution in [0.25, 0.3) is 0 Å². The molecule has 2 heterocycles. The topological polar surface area (TPSA) is 35.9 Å². The minimum absolute atomic E-state index is 0.252. The zero-order valence-electron chi connectivity index (χ0n) is 14.9. The number of benzene rings is 1. The van der Waals surface area contributed by atoms with Crippen molar-refractivity contribution < 1.29 is 9.84 Å². The molecule has 0 amide bonds. The van der Waals surface area contributed by atoms with Crippen LogP contribution in [0, 0.1) is 0 Å². The lowest BCUT2D eigenvalue weighted by Gasteiger charge is -2.41. The average Bonchev–Trinajstić information content (AvgIpc) is 3.13. The van der Waals surface area contributed by atoms with Crippen molar-refractivity contribution in [1.82, 2.24) is 9.80 Å². The highest BCUT2D eigenvalue weighted by molar-refractivity contribution is 7.09. The first kappa shape index (κ1) is 18.4. The van der Waals surface area contributed by atoms with E-state index in [1.54, 1.807) is 0 Å². The van der Waals surface area contributed by atoms with Crippen LogP contribution in [0.3, 0.4) is 0 Å². The largest absolute Gasteiger partial charge is 0.494 e. The molecule has 1 saturated heterocycles. The minimum atomic E-state index is 0.252. The molecule has 0 bridgehead atoms. The van der Waals surface area contributed by atoms with E-state index in [0.29, 0.717) is 12.6 Å². The summed E-state index contributed by atoms with van der Waals surface area (Å²) in [6.45, 7) is 8.06. The number of nitrogens with zero attached hydrogens (tertiary/aromatic N) is 2. The molecule has 1 aromatic heterocycles. The second kappa shape index (κ2) is 9.34. The fraction of sp³-hybridized carbons (Fsp3) is 0.500. The predicted molar refractivity (Wildman–Crippen MR) is 103 cm³/mol. The Morgan fingerprint density at radius 3 is 2.68 bits per heavy atom. The van der Waals surface area contributed by atoms with Crippen molar-refractivity contribution in [3.05, 3.63) is 52.2 Å². The van der Waals surface area contributed by atoms with Crippen LogP contribution in [0.2, 0.25) is 0 Å². The van der Waals surface area contributed by atoms with Gasteiger partial charge in [-0.25, -0.2) is 0 Å². The zero-order valence-corrected chi connectivity index (χ0v) is 15.8. The van der Waals surface area contributed by atoms with Crippen molar-refractivity contribution >= 4 is 11.3 Å². The van der Waals surface area contributed by atoms with Gasteiger partial charge in [0.15, 0.2) is 0 Å². The molecule has 4 nitrogen and oxygen atoms in total. The number of piperazine rings is 1. The number of hydrogen-bond acceptors (Lipinski definition) is 5. The lowest BCUT2D eigenvalue weighted by molar-refractivity contribution is 0.0506. The van der Waals surface area contributed by atoms with Crippen molar-refractivity contribution in [3.63, 3.8) is 0 Å². The van der Waals surface area contributed by atoms with Gasteiger partial charge in [0.1, 0.15) is 5.75 Å². The van der Waals surface area contributed by atoms with Gasteiger partial charge in [-0.2, -0.15) is 0 Å². The van der Waals surface area contributed by atoms with Crippen molar-refractivity contribution in [1.29, 1.82) is 0 Å². The van der Waals surface area contributed by atoms with E-state index in [2.05, 4.69) is 51.6 Å². The molecule has 0 aliphatic carbocycles. The summed E-state index contributed by atoms with van der Waals surface area (Å²) in [6.07, 6.45) is 0.838. The van der Waals surface area contributed by atoms with Crippen LogP contribution in [-0.2, 0) is 13.1 Å². The first-order valence-corrected chi connectivity index (χ1v) is 9.98. The zero-order chi connectivity index (χ0) is 17.5. The van der Waals surface area contributed by atoms with Crippen molar-refractivity contribution in [2.45, 2.75) is 32.5 Å². The van der Waals surface area contributed by atoms with E-state index in [0.717, 1.165) is 44.9 Å². The Labute approximate surface area is 154 Å². The molecule has 0 unspecified atom stereocenters. The SMILES string of the molecule is CCOc1ccc(CN2CCN(Cc3cccs3)[C@@H](CCO)C2)cc1. The fourth-order valence-corrected chi connectivity index (χ4v) is 4.18. The summed E-state index contributed by atoms with van der Waals surface area (Å²) in [4.78, 5) is 6.43. The molecule has 1 aromatic carbocycles. The van der Waals surface area contributed by atoms with Gasteiger partial charge in [0, 0.05) is 50.2 Å². The summed E-state index contributed by atoms with van der Waals surface area (Å²) in [6, 6.07) is 13.2. The van der Waals surface area contributed by atoms with Crippen molar-refractivity contribution in [2.75, 3.05) is 32.8 Å². The highest BCUT2D eigenvalue weighted by Crippen LogP contribution is 2.21. The van der Waals surface area contributed by atoms with Gasteiger partial charge in [0.05, 0.1) is 6.61 Å². The third-order valence-corrected chi connectivity index (χ3v) is 5.59. The molecule has 0 spiro atoms. The molecule has 3 rings (SSSR count). The summed E-state index contributed by atoms with van der Waals surface area (Å²) in [5, 5.41) is 11.6. The molecule has 1 aliphatic rings. The second-order valence-electron chi connectivity index (χ2n) is 6.53. The molecule has 0 saturated carbocycles. The molecule has 1 aliphatic heterocycles. The molecule has 2 aromatic rings. The number of thiophene rings is 1. The van der Waals surface area contributed by atoms with E-state index in [9.17, 15) is 5.11 Å². The van der Waals surface area contributed by atoms with Gasteiger partial charge in [-0.15, -0.1) is 11.3 Å². The standard InChI is InChI=1S/C20H28N2O2S/c1-2-24-19-7-5-17(6-8-19)14-21-10-11-22(18(15-21)9-12-23)16-20-4-3-13-25-20/h3-8,13,18,23H,2,9-12,14-16H2,1H3/t18-/m0/s1. The Morgan fingerprint density at radius 1 is 1.16 bits per heavy atom. The van der Waals surface area contributed by atoms with Gasteiger partial charge < -0.3 is 9.84 Å². The lowest BCUT2D eigenvalue weighted by atomic mass is 10.1. The Bertz CT molecular complexity index is 615. The Kier molecular flexibility index (Phi) is 6.87. The molecular weight excluding hydrogens is 332 g/mol. The maximum absolute atomic E-state index is 9.46. The summed E-state index contributed by atoms with van der Waals surface area (Å²) in [5.41, 5.74) is 1.32. The van der Waals surface area contributed by atoms with E-state index >= 15 is 0 Å². The van der Waals surface area contributed by atoms with Gasteiger partial charge in [-0.05, 0) is 42.5 Å². The number of rotatable bonds is 8. The second-order valence-corrected chi connectivity index (χ2v) is 7.56. The summed E-state index contributed by atoms with van der Waals surface area (Å²) in [7, 11) is 0. The number of aliphatic hydroxyl groups excluding tert-OH is 1. The van der Waals surface area contributed by atoms with E-state index in [1.165, 1.54) is 10.4 Å². The molecule has 0 radical (unpaired) electrons. The third kappa shape index (κ3) is 5.28. The number of hydrogen-bond donors (Lipinski definition) is 1. The minimum Gasteiger partial charge on any atom is -0.494 e.